The SMILES string of the molecule is CCCN=C(NCC)NCCc1ccccc1F.I. The Morgan fingerprint density at radius 1 is 1.21 bits per heavy atom. The van der Waals surface area contributed by atoms with Gasteiger partial charge in [-0.15, -0.1) is 24.0 Å². The fourth-order valence-electron chi connectivity index (χ4n) is 1.58. The second-order valence-corrected chi connectivity index (χ2v) is 4.03. The third-order valence-electron chi connectivity index (χ3n) is 2.48. The van der Waals surface area contributed by atoms with Crippen molar-refractivity contribution in [2.45, 2.75) is 26.7 Å². The number of benzene rings is 1. The van der Waals surface area contributed by atoms with Gasteiger partial charge in [-0.2, -0.15) is 0 Å². The van der Waals surface area contributed by atoms with Gasteiger partial charge in [0, 0.05) is 19.6 Å². The Bertz CT molecular complexity index is 383. The molecule has 2 N–H and O–H groups in total. The van der Waals surface area contributed by atoms with E-state index in [-0.39, 0.29) is 29.8 Å². The molecule has 0 amide bonds. The molecule has 0 heterocycles. The molecule has 0 aliphatic heterocycles. The van der Waals surface area contributed by atoms with E-state index >= 15 is 0 Å². The van der Waals surface area contributed by atoms with Crippen LogP contribution in [0.1, 0.15) is 25.8 Å². The second kappa shape index (κ2) is 11.0. The van der Waals surface area contributed by atoms with Crippen molar-refractivity contribution in [2.75, 3.05) is 19.6 Å². The molecule has 0 aliphatic carbocycles. The predicted octanol–water partition coefficient (Wildman–Crippen LogP) is 2.95. The quantitative estimate of drug-likeness (QED) is 0.453. The molecule has 0 unspecified atom stereocenters. The summed E-state index contributed by atoms with van der Waals surface area (Å²) in [6, 6.07) is 6.87. The largest absolute Gasteiger partial charge is 0.357 e. The molecule has 1 aromatic carbocycles. The summed E-state index contributed by atoms with van der Waals surface area (Å²) in [6.07, 6.45) is 1.67. The molecule has 0 saturated carbocycles. The summed E-state index contributed by atoms with van der Waals surface area (Å²) < 4.78 is 13.4. The Morgan fingerprint density at radius 2 is 1.95 bits per heavy atom. The number of aliphatic imine (C=N–C) groups is 1. The molecule has 0 spiro atoms. The van der Waals surface area contributed by atoms with E-state index in [1.165, 1.54) is 6.07 Å². The highest BCUT2D eigenvalue weighted by atomic mass is 127. The Balaban J connectivity index is 0.00000324. The summed E-state index contributed by atoms with van der Waals surface area (Å²) in [5.41, 5.74) is 0.733. The minimum absolute atomic E-state index is 0. The van der Waals surface area contributed by atoms with Crippen LogP contribution in [0, 0.1) is 5.82 Å². The number of nitrogens with zero attached hydrogens (tertiary/aromatic N) is 1. The second-order valence-electron chi connectivity index (χ2n) is 4.03. The minimum Gasteiger partial charge on any atom is -0.357 e. The molecule has 1 rings (SSSR count). The third kappa shape index (κ3) is 7.34. The van der Waals surface area contributed by atoms with Crippen molar-refractivity contribution in [1.82, 2.24) is 10.6 Å². The molecule has 19 heavy (non-hydrogen) atoms. The molecule has 0 saturated heterocycles. The molecule has 108 valence electrons. The zero-order chi connectivity index (χ0) is 13.2. The molecule has 0 aliphatic rings. The maximum absolute atomic E-state index is 13.4. The smallest absolute Gasteiger partial charge is 0.191 e. The molecule has 0 fully saturated rings. The van der Waals surface area contributed by atoms with Crippen LogP contribution in [0.4, 0.5) is 4.39 Å². The lowest BCUT2D eigenvalue weighted by atomic mass is 10.1. The maximum atomic E-state index is 13.4. The van der Waals surface area contributed by atoms with Gasteiger partial charge in [-0.3, -0.25) is 4.99 Å². The van der Waals surface area contributed by atoms with E-state index in [4.69, 9.17) is 0 Å². The average Bonchev–Trinajstić information content (AvgIpc) is 2.38. The van der Waals surface area contributed by atoms with E-state index < -0.39 is 0 Å². The van der Waals surface area contributed by atoms with Gasteiger partial charge in [0.05, 0.1) is 0 Å². The first kappa shape index (κ1) is 18.1. The molecule has 0 bridgehead atoms. The summed E-state index contributed by atoms with van der Waals surface area (Å²) in [4.78, 5) is 4.39. The van der Waals surface area contributed by atoms with Gasteiger partial charge in [0.2, 0.25) is 0 Å². The zero-order valence-electron chi connectivity index (χ0n) is 11.6. The molecule has 3 nitrogen and oxygen atoms in total. The third-order valence-corrected chi connectivity index (χ3v) is 2.48. The van der Waals surface area contributed by atoms with Gasteiger partial charge in [-0.05, 0) is 31.4 Å². The molecule has 1 aromatic rings. The number of hydrogen-bond donors (Lipinski definition) is 2. The Kier molecular flexibility index (Phi) is 10.5. The van der Waals surface area contributed by atoms with Crippen LogP contribution in [0.3, 0.4) is 0 Å². The zero-order valence-corrected chi connectivity index (χ0v) is 13.9. The van der Waals surface area contributed by atoms with Gasteiger partial charge in [-0.25, -0.2) is 4.39 Å². The number of hydrogen-bond acceptors (Lipinski definition) is 1. The van der Waals surface area contributed by atoms with Crippen LogP contribution in [0.2, 0.25) is 0 Å². The van der Waals surface area contributed by atoms with E-state index in [1.807, 2.05) is 19.1 Å². The number of nitrogens with one attached hydrogen (secondary N) is 2. The number of rotatable bonds is 6. The lowest BCUT2D eigenvalue weighted by Crippen LogP contribution is -2.38. The predicted molar refractivity (Wildman–Crippen MR) is 89.8 cm³/mol. The first-order valence-electron chi connectivity index (χ1n) is 6.53. The summed E-state index contributed by atoms with van der Waals surface area (Å²) in [7, 11) is 0. The summed E-state index contributed by atoms with van der Waals surface area (Å²) in [6.45, 7) is 6.42. The first-order chi connectivity index (χ1) is 8.77. The molecular formula is C14H23FIN3. The van der Waals surface area contributed by atoms with Crippen LogP contribution in [-0.4, -0.2) is 25.6 Å². The van der Waals surface area contributed by atoms with E-state index in [0.717, 1.165) is 31.0 Å². The van der Waals surface area contributed by atoms with E-state index in [2.05, 4.69) is 22.5 Å². The van der Waals surface area contributed by atoms with Crippen molar-refractivity contribution in [3.8, 4) is 0 Å². The minimum atomic E-state index is -0.144. The fraction of sp³-hybridized carbons (Fsp3) is 0.500. The molecule has 5 heteroatoms. The summed E-state index contributed by atoms with van der Waals surface area (Å²) >= 11 is 0. The topological polar surface area (TPSA) is 36.4 Å². The lowest BCUT2D eigenvalue weighted by Gasteiger charge is -2.11. The van der Waals surface area contributed by atoms with Crippen molar-refractivity contribution in [3.05, 3.63) is 35.6 Å². The van der Waals surface area contributed by atoms with Crippen molar-refractivity contribution >= 4 is 29.9 Å². The average molecular weight is 379 g/mol. The van der Waals surface area contributed by atoms with Crippen molar-refractivity contribution < 1.29 is 4.39 Å². The number of halogens is 2. The normalized spacial score (nSPS) is 10.8. The standard InChI is InChI=1S/C14H22FN3.HI/c1-3-10-17-14(16-4-2)18-11-9-12-7-5-6-8-13(12)15;/h5-8H,3-4,9-11H2,1-2H3,(H2,16,17,18);1H. The van der Waals surface area contributed by atoms with Gasteiger partial charge >= 0.3 is 0 Å². The first-order valence-corrected chi connectivity index (χ1v) is 6.53. The van der Waals surface area contributed by atoms with Crippen molar-refractivity contribution in [2.24, 2.45) is 4.99 Å². The van der Waals surface area contributed by atoms with Crippen LogP contribution in [-0.2, 0) is 6.42 Å². The van der Waals surface area contributed by atoms with Crippen LogP contribution in [0.15, 0.2) is 29.3 Å². The van der Waals surface area contributed by atoms with Gasteiger partial charge in [0.1, 0.15) is 5.82 Å². The number of guanidine groups is 1. The monoisotopic (exact) mass is 379 g/mol. The van der Waals surface area contributed by atoms with Crippen LogP contribution >= 0.6 is 24.0 Å². The molecular weight excluding hydrogens is 356 g/mol. The Morgan fingerprint density at radius 3 is 2.58 bits per heavy atom. The maximum Gasteiger partial charge on any atom is 0.191 e. The molecule has 0 radical (unpaired) electrons. The highest BCUT2D eigenvalue weighted by Gasteiger charge is 2.01. The highest BCUT2D eigenvalue weighted by Crippen LogP contribution is 2.05. The van der Waals surface area contributed by atoms with Crippen molar-refractivity contribution in [3.63, 3.8) is 0 Å². The Hall–Kier alpha value is -0.850. The van der Waals surface area contributed by atoms with Gasteiger partial charge in [-0.1, -0.05) is 25.1 Å². The van der Waals surface area contributed by atoms with Gasteiger partial charge in [0.15, 0.2) is 5.96 Å². The van der Waals surface area contributed by atoms with E-state index in [0.29, 0.717) is 13.0 Å². The highest BCUT2D eigenvalue weighted by molar-refractivity contribution is 14.0. The van der Waals surface area contributed by atoms with E-state index in [1.54, 1.807) is 6.07 Å². The summed E-state index contributed by atoms with van der Waals surface area (Å²) in [5, 5.41) is 6.37. The molecule has 0 atom stereocenters. The lowest BCUT2D eigenvalue weighted by molar-refractivity contribution is 0.606. The van der Waals surface area contributed by atoms with Crippen LogP contribution < -0.4 is 10.6 Å². The van der Waals surface area contributed by atoms with Gasteiger partial charge in [0.25, 0.3) is 0 Å². The summed E-state index contributed by atoms with van der Waals surface area (Å²) in [5.74, 6) is 0.658. The van der Waals surface area contributed by atoms with Gasteiger partial charge < -0.3 is 10.6 Å². The fourth-order valence-corrected chi connectivity index (χ4v) is 1.58. The molecule has 0 aromatic heterocycles. The van der Waals surface area contributed by atoms with Crippen LogP contribution in [0.5, 0.6) is 0 Å². The van der Waals surface area contributed by atoms with E-state index in [9.17, 15) is 4.39 Å². The van der Waals surface area contributed by atoms with Crippen molar-refractivity contribution in [1.29, 1.82) is 0 Å². The van der Waals surface area contributed by atoms with Crippen LogP contribution in [0.25, 0.3) is 0 Å². The Labute approximate surface area is 132 Å².